The Morgan fingerprint density at radius 2 is 1.77 bits per heavy atom. The minimum Gasteiger partial charge on any atom is -0.486 e. The lowest BCUT2D eigenvalue weighted by Crippen LogP contribution is -2.16. The van der Waals surface area contributed by atoms with E-state index in [1.807, 2.05) is 0 Å². The molecule has 0 atom stereocenters. The van der Waals surface area contributed by atoms with Crippen LogP contribution in [0.1, 0.15) is 31.7 Å². The van der Waals surface area contributed by atoms with Gasteiger partial charge in [-0.2, -0.15) is 13.2 Å². The summed E-state index contributed by atoms with van der Waals surface area (Å²) in [6, 6.07) is 18.8. The molecule has 0 radical (unpaired) electrons. The van der Waals surface area contributed by atoms with Crippen molar-refractivity contribution in [2.24, 2.45) is 5.73 Å². The number of ether oxygens (including phenoxy) is 1. The molecule has 0 aliphatic heterocycles. The van der Waals surface area contributed by atoms with E-state index in [1.54, 1.807) is 54.6 Å². The second kappa shape index (κ2) is 10.4. The van der Waals surface area contributed by atoms with E-state index < -0.39 is 23.7 Å². The van der Waals surface area contributed by atoms with Crippen LogP contribution < -0.4 is 15.8 Å². The first-order chi connectivity index (χ1) is 18.6. The van der Waals surface area contributed by atoms with Gasteiger partial charge in [0.15, 0.2) is 5.76 Å². The second-order valence-corrected chi connectivity index (χ2v) is 9.67. The van der Waals surface area contributed by atoms with E-state index in [0.29, 0.717) is 33.4 Å². The molecular formula is C27H17ClF3N3O4S. The molecule has 3 aromatic heterocycles. The third-order valence-corrected chi connectivity index (χ3v) is 6.93. The van der Waals surface area contributed by atoms with Gasteiger partial charge in [0.1, 0.15) is 33.5 Å². The van der Waals surface area contributed by atoms with Crippen molar-refractivity contribution >= 4 is 50.7 Å². The minimum atomic E-state index is -4.74. The molecule has 0 bridgehead atoms. The van der Waals surface area contributed by atoms with E-state index in [0.717, 1.165) is 6.07 Å². The Morgan fingerprint density at radius 1 is 1.05 bits per heavy atom. The molecule has 0 unspecified atom stereocenters. The summed E-state index contributed by atoms with van der Waals surface area (Å²) in [5.74, 6) is -0.912. The number of nitrogens with two attached hydrogens (primary N) is 1. The summed E-state index contributed by atoms with van der Waals surface area (Å²) in [5.41, 5.74) is 4.90. The van der Waals surface area contributed by atoms with Crippen molar-refractivity contribution in [1.29, 1.82) is 0 Å². The lowest BCUT2D eigenvalue weighted by atomic mass is 10.0. The third kappa shape index (κ3) is 5.59. The Labute approximate surface area is 228 Å². The number of furan rings is 1. The SMILES string of the molecule is NC(=O)c1sc2nc(C(F)(F)F)cc(-c3ccccc3)c2c1NC(=O)c1ccc(COc2ccc(Cl)cc2)o1. The van der Waals surface area contributed by atoms with Gasteiger partial charge in [-0.25, -0.2) is 4.98 Å². The molecule has 0 fully saturated rings. The van der Waals surface area contributed by atoms with Crippen molar-refractivity contribution in [3.8, 4) is 16.9 Å². The zero-order valence-electron chi connectivity index (χ0n) is 19.7. The summed E-state index contributed by atoms with van der Waals surface area (Å²) in [5, 5.41) is 3.30. The van der Waals surface area contributed by atoms with Gasteiger partial charge in [-0.3, -0.25) is 9.59 Å². The first-order valence-corrected chi connectivity index (χ1v) is 12.5. The minimum absolute atomic E-state index is 0.0190. The molecule has 0 aliphatic carbocycles. The van der Waals surface area contributed by atoms with Crippen LogP contribution in [0, 0.1) is 0 Å². The number of hydrogen-bond acceptors (Lipinski definition) is 6. The largest absolute Gasteiger partial charge is 0.486 e. The molecule has 12 heteroatoms. The molecular weight excluding hydrogens is 555 g/mol. The van der Waals surface area contributed by atoms with Crippen LogP contribution in [-0.4, -0.2) is 16.8 Å². The van der Waals surface area contributed by atoms with E-state index in [-0.39, 0.29) is 38.7 Å². The number of fused-ring (bicyclic) bond motifs is 1. The molecule has 2 aromatic carbocycles. The van der Waals surface area contributed by atoms with E-state index in [4.69, 9.17) is 26.5 Å². The normalized spacial score (nSPS) is 11.5. The van der Waals surface area contributed by atoms with Crippen LogP contribution in [0.5, 0.6) is 5.75 Å². The lowest BCUT2D eigenvalue weighted by molar-refractivity contribution is -0.140. The summed E-state index contributed by atoms with van der Waals surface area (Å²) < 4.78 is 52.2. The Bertz CT molecular complexity index is 1680. The molecule has 0 spiro atoms. The van der Waals surface area contributed by atoms with Crippen molar-refractivity contribution in [2.45, 2.75) is 12.8 Å². The Hall–Kier alpha value is -4.35. The van der Waals surface area contributed by atoms with Crippen LogP contribution in [0.2, 0.25) is 5.02 Å². The number of primary amides is 1. The zero-order valence-corrected chi connectivity index (χ0v) is 21.3. The lowest BCUT2D eigenvalue weighted by Gasteiger charge is -2.12. The van der Waals surface area contributed by atoms with Gasteiger partial charge < -0.3 is 20.2 Å². The summed E-state index contributed by atoms with van der Waals surface area (Å²) in [7, 11) is 0. The van der Waals surface area contributed by atoms with E-state index in [1.165, 1.54) is 12.1 Å². The number of pyridine rings is 1. The van der Waals surface area contributed by atoms with Gasteiger partial charge >= 0.3 is 6.18 Å². The van der Waals surface area contributed by atoms with Crippen LogP contribution >= 0.6 is 22.9 Å². The fourth-order valence-electron chi connectivity index (χ4n) is 3.82. The summed E-state index contributed by atoms with van der Waals surface area (Å²) in [6.07, 6.45) is -4.74. The maximum Gasteiger partial charge on any atom is 0.433 e. The second-order valence-electron chi connectivity index (χ2n) is 8.23. The molecule has 0 saturated heterocycles. The number of anilines is 1. The molecule has 3 N–H and O–H groups in total. The number of carbonyl (C=O) groups excluding carboxylic acids is 2. The molecule has 0 saturated carbocycles. The molecule has 2 amide bonds. The number of alkyl halides is 3. The average molecular weight is 572 g/mol. The number of nitrogens with one attached hydrogen (secondary N) is 1. The average Bonchev–Trinajstić information content (AvgIpc) is 3.53. The number of hydrogen-bond donors (Lipinski definition) is 2. The van der Waals surface area contributed by atoms with Gasteiger partial charge in [-0.15, -0.1) is 11.3 Å². The fourth-order valence-corrected chi connectivity index (χ4v) is 4.95. The predicted octanol–water partition coefficient (Wildman–Crippen LogP) is 7.16. The highest BCUT2D eigenvalue weighted by Gasteiger charge is 2.35. The Balaban J connectivity index is 1.50. The summed E-state index contributed by atoms with van der Waals surface area (Å²) in [6.45, 7) is 0.0190. The van der Waals surface area contributed by atoms with Crippen molar-refractivity contribution in [1.82, 2.24) is 4.98 Å². The van der Waals surface area contributed by atoms with Gasteiger partial charge in [0, 0.05) is 10.4 Å². The Morgan fingerprint density at radius 3 is 2.44 bits per heavy atom. The van der Waals surface area contributed by atoms with Crippen molar-refractivity contribution < 1.29 is 31.9 Å². The van der Waals surface area contributed by atoms with Crippen LogP contribution in [-0.2, 0) is 12.8 Å². The summed E-state index contributed by atoms with van der Waals surface area (Å²) >= 11 is 6.52. The zero-order chi connectivity index (χ0) is 27.7. The van der Waals surface area contributed by atoms with Crippen LogP contribution in [0.3, 0.4) is 0 Å². The molecule has 5 aromatic rings. The molecule has 39 heavy (non-hydrogen) atoms. The summed E-state index contributed by atoms with van der Waals surface area (Å²) in [4.78, 5) is 28.9. The Kier molecular flexibility index (Phi) is 7.02. The molecule has 198 valence electrons. The number of benzene rings is 2. The highest BCUT2D eigenvalue weighted by atomic mass is 35.5. The molecule has 3 heterocycles. The number of rotatable bonds is 7. The highest BCUT2D eigenvalue weighted by Crippen LogP contribution is 2.43. The maximum absolute atomic E-state index is 13.7. The van der Waals surface area contributed by atoms with Crippen molar-refractivity contribution in [3.05, 3.63) is 99.9 Å². The van der Waals surface area contributed by atoms with Crippen LogP contribution in [0.25, 0.3) is 21.3 Å². The van der Waals surface area contributed by atoms with Crippen LogP contribution in [0.4, 0.5) is 18.9 Å². The van der Waals surface area contributed by atoms with Gasteiger partial charge in [0.2, 0.25) is 0 Å². The van der Waals surface area contributed by atoms with Crippen molar-refractivity contribution in [2.75, 3.05) is 5.32 Å². The van der Waals surface area contributed by atoms with Gasteiger partial charge in [-0.05, 0) is 53.6 Å². The van der Waals surface area contributed by atoms with Crippen LogP contribution in [0.15, 0.2) is 77.2 Å². The number of nitrogens with zero attached hydrogens (tertiary/aromatic N) is 1. The van der Waals surface area contributed by atoms with Gasteiger partial charge in [0.25, 0.3) is 11.8 Å². The number of aromatic nitrogens is 1. The van der Waals surface area contributed by atoms with Gasteiger partial charge in [-0.1, -0.05) is 41.9 Å². The maximum atomic E-state index is 13.7. The third-order valence-electron chi connectivity index (χ3n) is 5.58. The van der Waals surface area contributed by atoms with E-state index in [9.17, 15) is 22.8 Å². The smallest absolute Gasteiger partial charge is 0.433 e. The number of halogens is 4. The fraction of sp³-hybridized carbons (Fsp3) is 0.0741. The van der Waals surface area contributed by atoms with Crippen molar-refractivity contribution in [3.63, 3.8) is 0 Å². The highest BCUT2D eigenvalue weighted by molar-refractivity contribution is 7.21. The molecule has 7 nitrogen and oxygen atoms in total. The number of amides is 2. The molecule has 5 rings (SSSR count). The topological polar surface area (TPSA) is 107 Å². The molecule has 0 aliphatic rings. The quantitative estimate of drug-likeness (QED) is 0.215. The first-order valence-electron chi connectivity index (χ1n) is 11.3. The predicted molar refractivity (Wildman–Crippen MR) is 141 cm³/mol. The monoisotopic (exact) mass is 571 g/mol. The standard InChI is InChI=1S/C27H17ClF3N3O4S/c28-15-6-8-16(9-7-15)37-13-17-10-11-19(38-17)25(36)34-22-21-18(14-4-2-1-3-5-14)12-20(27(29,30)31)33-26(21)39-23(22)24(32)35/h1-12H,13H2,(H2,32,35)(H,34,36). The van der Waals surface area contributed by atoms with Gasteiger partial charge in [0.05, 0.1) is 5.69 Å². The number of carbonyl (C=O) groups is 2. The first kappa shape index (κ1) is 26.3. The van der Waals surface area contributed by atoms with E-state index in [2.05, 4.69) is 10.3 Å². The number of thiophene rings is 1. The van der Waals surface area contributed by atoms with E-state index >= 15 is 0 Å².